The number of nitrogens with one attached hydrogen (secondary N) is 2. The highest BCUT2D eigenvalue weighted by atomic mass is 127. The zero-order valence-electron chi connectivity index (χ0n) is 13.2. The summed E-state index contributed by atoms with van der Waals surface area (Å²) in [5.41, 5.74) is 0.916. The maximum atomic E-state index is 12.4. The molecule has 4 N–H and O–H groups in total. The third kappa shape index (κ3) is 6.14. The molecule has 2 amide bonds. The number of esters is 1. The van der Waals surface area contributed by atoms with Crippen LogP contribution in [0.3, 0.4) is 0 Å². The molecule has 0 bridgehead atoms. The molecule has 0 aromatic heterocycles. The number of aliphatic hydroxyl groups is 2. The normalized spacial score (nSPS) is 11.6. The second-order valence-corrected chi connectivity index (χ2v) is 8.10. The SMILES string of the molecule is CC(=O)Nc1c(I)c(NC(C)=O)c(I)c(C(=O)OCC(O)CO)c1I. The molecule has 0 aliphatic carbocycles. The van der Waals surface area contributed by atoms with E-state index in [0.29, 0.717) is 22.1 Å². The maximum Gasteiger partial charge on any atom is 0.340 e. The number of hydrogen-bond acceptors (Lipinski definition) is 6. The monoisotopic (exact) mass is 688 g/mol. The Labute approximate surface area is 184 Å². The van der Waals surface area contributed by atoms with Gasteiger partial charge in [0.05, 0.1) is 34.3 Å². The van der Waals surface area contributed by atoms with E-state index in [1.165, 1.54) is 13.8 Å². The molecular formula is C14H15I3N2O6. The van der Waals surface area contributed by atoms with Crippen molar-refractivity contribution in [1.29, 1.82) is 0 Å². The Balaban J connectivity index is 3.46. The van der Waals surface area contributed by atoms with Crippen LogP contribution in [0, 0.1) is 10.7 Å². The van der Waals surface area contributed by atoms with Gasteiger partial charge in [-0.2, -0.15) is 0 Å². The molecule has 0 aliphatic rings. The lowest BCUT2D eigenvalue weighted by atomic mass is 10.1. The molecule has 0 saturated carbocycles. The first kappa shape index (κ1) is 22.8. The zero-order valence-corrected chi connectivity index (χ0v) is 19.6. The van der Waals surface area contributed by atoms with Crippen molar-refractivity contribution in [2.24, 2.45) is 0 Å². The van der Waals surface area contributed by atoms with Crippen LogP contribution in [0.25, 0.3) is 0 Å². The molecule has 25 heavy (non-hydrogen) atoms. The molecule has 0 heterocycles. The quantitative estimate of drug-likeness (QED) is 0.268. The highest BCUT2D eigenvalue weighted by Gasteiger charge is 2.27. The van der Waals surface area contributed by atoms with Crippen LogP contribution in [0.2, 0.25) is 0 Å². The molecule has 1 unspecified atom stereocenters. The number of anilines is 2. The van der Waals surface area contributed by atoms with Crippen molar-refractivity contribution in [3.63, 3.8) is 0 Å². The average Bonchev–Trinajstić information content (AvgIpc) is 2.52. The second kappa shape index (κ2) is 10.2. The van der Waals surface area contributed by atoms with Gasteiger partial charge in [0.2, 0.25) is 11.8 Å². The van der Waals surface area contributed by atoms with Crippen LogP contribution in [0.1, 0.15) is 24.2 Å². The Kier molecular flexibility index (Phi) is 9.27. The highest BCUT2D eigenvalue weighted by Crippen LogP contribution is 2.39. The van der Waals surface area contributed by atoms with E-state index in [-0.39, 0.29) is 24.0 Å². The number of amides is 2. The van der Waals surface area contributed by atoms with E-state index in [1.54, 1.807) is 0 Å². The molecule has 1 atom stereocenters. The molecule has 11 heteroatoms. The summed E-state index contributed by atoms with van der Waals surface area (Å²) in [5, 5.41) is 23.4. The van der Waals surface area contributed by atoms with Crippen LogP contribution in [0.5, 0.6) is 0 Å². The van der Waals surface area contributed by atoms with Crippen molar-refractivity contribution in [1.82, 2.24) is 0 Å². The van der Waals surface area contributed by atoms with Crippen LogP contribution in [0.4, 0.5) is 11.4 Å². The predicted molar refractivity (Wildman–Crippen MR) is 117 cm³/mol. The van der Waals surface area contributed by atoms with Crippen LogP contribution in [-0.4, -0.2) is 47.3 Å². The van der Waals surface area contributed by atoms with Gasteiger partial charge in [-0.3, -0.25) is 9.59 Å². The molecule has 0 radical (unpaired) electrons. The van der Waals surface area contributed by atoms with Crippen molar-refractivity contribution in [3.05, 3.63) is 16.3 Å². The largest absolute Gasteiger partial charge is 0.459 e. The van der Waals surface area contributed by atoms with E-state index in [9.17, 15) is 19.5 Å². The van der Waals surface area contributed by atoms with Crippen molar-refractivity contribution >= 4 is 96.9 Å². The van der Waals surface area contributed by atoms with Crippen LogP contribution in [-0.2, 0) is 14.3 Å². The topological polar surface area (TPSA) is 125 Å². The fraction of sp³-hybridized carbons (Fsp3) is 0.357. The first-order chi connectivity index (χ1) is 11.6. The van der Waals surface area contributed by atoms with Crippen LogP contribution in [0.15, 0.2) is 0 Å². The molecule has 138 valence electrons. The first-order valence-corrected chi connectivity index (χ1v) is 10.0. The summed E-state index contributed by atoms with van der Waals surface area (Å²) < 4.78 is 6.48. The third-order valence-electron chi connectivity index (χ3n) is 2.74. The van der Waals surface area contributed by atoms with Gasteiger partial charge in [0.15, 0.2) is 0 Å². The highest BCUT2D eigenvalue weighted by molar-refractivity contribution is 14.1. The number of benzene rings is 1. The van der Waals surface area contributed by atoms with Crippen LogP contribution < -0.4 is 10.6 Å². The van der Waals surface area contributed by atoms with Gasteiger partial charge in [0, 0.05) is 13.8 Å². The van der Waals surface area contributed by atoms with Gasteiger partial charge in [-0.05, 0) is 67.8 Å². The van der Waals surface area contributed by atoms with Crippen molar-refractivity contribution in [3.8, 4) is 0 Å². The first-order valence-electron chi connectivity index (χ1n) is 6.81. The number of ether oxygens (including phenoxy) is 1. The number of carbonyl (C=O) groups excluding carboxylic acids is 3. The standard InChI is InChI=1S/C14H15I3N2O6/c1-5(21)18-12-9(15)8(14(24)25-4-7(23)3-20)10(16)13(11(12)17)19-6(2)22/h7,20,23H,3-4H2,1-2H3,(H,18,21)(H,19,22). The van der Waals surface area contributed by atoms with Crippen molar-refractivity contribution < 1.29 is 29.3 Å². The summed E-state index contributed by atoms with van der Waals surface area (Å²) in [6, 6.07) is 0. The van der Waals surface area contributed by atoms with Gasteiger partial charge in [0.1, 0.15) is 12.7 Å². The Hall–Kier alpha value is -0.260. The lowest BCUT2D eigenvalue weighted by Crippen LogP contribution is -2.24. The molecule has 8 nitrogen and oxygen atoms in total. The van der Waals surface area contributed by atoms with Crippen LogP contribution >= 0.6 is 67.8 Å². The van der Waals surface area contributed by atoms with Crippen molar-refractivity contribution in [2.75, 3.05) is 23.8 Å². The number of aliphatic hydroxyl groups excluding tert-OH is 2. The van der Waals surface area contributed by atoms with Gasteiger partial charge >= 0.3 is 5.97 Å². The maximum absolute atomic E-state index is 12.4. The number of carbonyl (C=O) groups is 3. The summed E-state index contributed by atoms with van der Waals surface area (Å²) in [5.74, 6) is -1.41. The minimum absolute atomic E-state index is 0.152. The molecule has 1 rings (SSSR count). The van der Waals surface area contributed by atoms with E-state index in [0.717, 1.165) is 0 Å². The van der Waals surface area contributed by atoms with Gasteiger partial charge < -0.3 is 25.6 Å². The summed E-state index contributed by atoms with van der Waals surface area (Å²) in [7, 11) is 0. The van der Waals surface area contributed by atoms with Crippen molar-refractivity contribution in [2.45, 2.75) is 20.0 Å². The zero-order chi connectivity index (χ0) is 19.3. The summed E-state index contributed by atoms with van der Waals surface area (Å²) in [4.78, 5) is 35.4. The lowest BCUT2D eigenvalue weighted by Gasteiger charge is -2.19. The van der Waals surface area contributed by atoms with E-state index in [2.05, 4.69) is 10.6 Å². The Morgan fingerprint density at radius 1 is 1.00 bits per heavy atom. The number of hydrogen-bond donors (Lipinski definition) is 4. The van der Waals surface area contributed by atoms with Gasteiger partial charge in [-0.25, -0.2) is 4.79 Å². The summed E-state index contributed by atoms with van der Waals surface area (Å²) >= 11 is 5.79. The predicted octanol–water partition coefficient (Wildman–Crippen LogP) is 1.93. The number of halogens is 3. The van der Waals surface area contributed by atoms with E-state index >= 15 is 0 Å². The summed E-state index contributed by atoms with van der Waals surface area (Å²) in [6.45, 7) is 1.75. The smallest absolute Gasteiger partial charge is 0.340 e. The Morgan fingerprint density at radius 3 is 1.80 bits per heavy atom. The number of rotatable bonds is 6. The molecular weight excluding hydrogens is 673 g/mol. The van der Waals surface area contributed by atoms with Gasteiger partial charge in [-0.1, -0.05) is 0 Å². The lowest BCUT2D eigenvalue weighted by molar-refractivity contribution is -0.115. The van der Waals surface area contributed by atoms with Gasteiger partial charge in [-0.15, -0.1) is 0 Å². The molecule has 1 aromatic rings. The molecule has 0 saturated heterocycles. The van der Waals surface area contributed by atoms with Gasteiger partial charge in [0.25, 0.3) is 0 Å². The fourth-order valence-electron chi connectivity index (χ4n) is 1.71. The van der Waals surface area contributed by atoms with E-state index < -0.39 is 18.7 Å². The molecule has 0 aliphatic heterocycles. The minimum Gasteiger partial charge on any atom is -0.459 e. The Bertz CT molecular complexity index is 667. The summed E-state index contributed by atoms with van der Waals surface area (Å²) in [6.07, 6.45) is -1.19. The molecule has 1 aromatic carbocycles. The van der Waals surface area contributed by atoms with E-state index in [4.69, 9.17) is 9.84 Å². The fourth-order valence-corrected chi connectivity index (χ4v) is 5.86. The third-order valence-corrected chi connectivity index (χ3v) is 5.98. The average molecular weight is 688 g/mol. The molecule has 0 spiro atoms. The molecule has 0 fully saturated rings. The van der Waals surface area contributed by atoms with E-state index in [1.807, 2.05) is 67.8 Å². The second-order valence-electron chi connectivity index (χ2n) is 4.86. The Morgan fingerprint density at radius 2 is 1.44 bits per heavy atom. The minimum atomic E-state index is -1.19.